The number of nitrogens with zero attached hydrogens (tertiary/aromatic N) is 1. The number of rotatable bonds is 3. The van der Waals surface area contributed by atoms with Crippen LogP contribution >= 0.6 is 11.6 Å². The quantitative estimate of drug-likeness (QED) is 0.652. The molecule has 5 nitrogen and oxygen atoms in total. The van der Waals surface area contributed by atoms with Crippen LogP contribution in [0.15, 0.2) is 47.6 Å². The SMILES string of the molecule is COc1ccc2c(c1)CCC/C2=N\OC(=O)Nc1cccc(Cl)c1. The van der Waals surface area contributed by atoms with E-state index in [1.54, 1.807) is 31.4 Å². The summed E-state index contributed by atoms with van der Waals surface area (Å²) in [4.78, 5) is 16.9. The lowest BCUT2D eigenvalue weighted by Crippen LogP contribution is -2.16. The molecule has 0 bridgehead atoms. The van der Waals surface area contributed by atoms with Crippen molar-refractivity contribution in [3.05, 3.63) is 58.6 Å². The van der Waals surface area contributed by atoms with Gasteiger partial charge in [0.1, 0.15) is 5.75 Å². The second-order valence-electron chi connectivity index (χ2n) is 5.43. The molecule has 0 heterocycles. The number of carbonyl (C=O) groups is 1. The van der Waals surface area contributed by atoms with Gasteiger partial charge in [-0.2, -0.15) is 0 Å². The Morgan fingerprint density at radius 1 is 1.21 bits per heavy atom. The minimum absolute atomic E-state index is 0.536. The Kier molecular flexibility index (Phi) is 5.01. The van der Waals surface area contributed by atoms with Gasteiger partial charge >= 0.3 is 6.09 Å². The van der Waals surface area contributed by atoms with Gasteiger partial charge in [0.2, 0.25) is 0 Å². The second kappa shape index (κ2) is 7.36. The van der Waals surface area contributed by atoms with E-state index >= 15 is 0 Å². The van der Waals surface area contributed by atoms with E-state index in [9.17, 15) is 4.79 Å². The maximum absolute atomic E-state index is 11.9. The van der Waals surface area contributed by atoms with Crippen molar-refractivity contribution in [3.8, 4) is 5.75 Å². The normalized spacial score (nSPS) is 14.8. The number of hydrogen-bond acceptors (Lipinski definition) is 4. The van der Waals surface area contributed by atoms with Crippen molar-refractivity contribution in [2.75, 3.05) is 12.4 Å². The van der Waals surface area contributed by atoms with Gasteiger partial charge in [0.05, 0.1) is 12.8 Å². The zero-order chi connectivity index (χ0) is 16.9. The molecular weight excluding hydrogens is 328 g/mol. The lowest BCUT2D eigenvalue weighted by Gasteiger charge is -2.18. The summed E-state index contributed by atoms with van der Waals surface area (Å²) in [5.41, 5.74) is 3.47. The summed E-state index contributed by atoms with van der Waals surface area (Å²) in [5.74, 6) is 0.814. The highest BCUT2D eigenvalue weighted by Gasteiger charge is 2.17. The molecule has 1 N–H and O–H groups in total. The summed E-state index contributed by atoms with van der Waals surface area (Å²) in [6.07, 6.45) is 2.04. The average Bonchev–Trinajstić information content (AvgIpc) is 2.59. The first-order chi connectivity index (χ1) is 11.7. The number of carbonyl (C=O) groups excluding carboxylic acids is 1. The summed E-state index contributed by atoms with van der Waals surface area (Å²) in [6, 6.07) is 12.7. The van der Waals surface area contributed by atoms with Crippen molar-refractivity contribution in [3.63, 3.8) is 0 Å². The van der Waals surface area contributed by atoms with E-state index in [0.29, 0.717) is 10.7 Å². The highest BCUT2D eigenvalue weighted by atomic mass is 35.5. The van der Waals surface area contributed by atoms with Crippen molar-refractivity contribution in [2.45, 2.75) is 19.3 Å². The van der Waals surface area contributed by atoms with Crippen LogP contribution in [0.2, 0.25) is 5.02 Å². The van der Waals surface area contributed by atoms with Crippen molar-refractivity contribution in [2.24, 2.45) is 5.16 Å². The maximum Gasteiger partial charge on any atom is 0.437 e. The van der Waals surface area contributed by atoms with Gasteiger partial charge in [0, 0.05) is 16.3 Å². The Hall–Kier alpha value is -2.53. The molecule has 2 aromatic rings. The summed E-state index contributed by atoms with van der Waals surface area (Å²) in [6.45, 7) is 0. The molecule has 2 aromatic carbocycles. The largest absolute Gasteiger partial charge is 0.497 e. The Balaban J connectivity index is 1.70. The van der Waals surface area contributed by atoms with Crippen LogP contribution in [0.3, 0.4) is 0 Å². The molecule has 0 atom stereocenters. The average molecular weight is 345 g/mol. The van der Waals surface area contributed by atoms with Crippen LogP contribution in [-0.2, 0) is 11.3 Å². The smallest absolute Gasteiger partial charge is 0.437 e. The van der Waals surface area contributed by atoms with Crippen LogP contribution in [0.25, 0.3) is 0 Å². The monoisotopic (exact) mass is 344 g/mol. The lowest BCUT2D eigenvalue weighted by atomic mass is 9.90. The third-order valence-corrected chi connectivity index (χ3v) is 4.03. The second-order valence-corrected chi connectivity index (χ2v) is 5.87. The Bertz CT molecular complexity index is 790. The highest BCUT2D eigenvalue weighted by molar-refractivity contribution is 6.30. The third-order valence-electron chi connectivity index (χ3n) is 3.79. The van der Waals surface area contributed by atoms with Gasteiger partial charge in [-0.15, -0.1) is 0 Å². The first-order valence-corrected chi connectivity index (χ1v) is 8.01. The lowest BCUT2D eigenvalue weighted by molar-refractivity contribution is 0.166. The van der Waals surface area contributed by atoms with Crippen LogP contribution in [0.4, 0.5) is 10.5 Å². The predicted molar refractivity (Wildman–Crippen MR) is 94.0 cm³/mol. The molecule has 124 valence electrons. The van der Waals surface area contributed by atoms with E-state index < -0.39 is 6.09 Å². The number of halogens is 1. The molecule has 6 heteroatoms. The fourth-order valence-electron chi connectivity index (χ4n) is 2.66. The highest BCUT2D eigenvalue weighted by Crippen LogP contribution is 2.26. The van der Waals surface area contributed by atoms with Crippen LogP contribution in [-0.4, -0.2) is 18.9 Å². The molecule has 1 aliphatic rings. The molecule has 0 spiro atoms. The van der Waals surface area contributed by atoms with Crippen molar-refractivity contribution in [1.29, 1.82) is 0 Å². The molecule has 1 amide bonds. The van der Waals surface area contributed by atoms with E-state index in [2.05, 4.69) is 10.5 Å². The first-order valence-electron chi connectivity index (χ1n) is 7.63. The number of amides is 1. The van der Waals surface area contributed by atoms with Crippen LogP contribution < -0.4 is 10.1 Å². The van der Waals surface area contributed by atoms with E-state index in [1.165, 1.54) is 0 Å². The fourth-order valence-corrected chi connectivity index (χ4v) is 2.85. The van der Waals surface area contributed by atoms with E-state index in [0.717, 1.165) is 41.9 Å². The minimum Gasteiger partial charge on any atom is -0.497 e. The molecular formula is C18H17ClN2O3. The molecule has 0 saturated carbocycles. The Labute approximate surface area is 145 Å². The predicted octanol–water partition coefficient (Wildman–Crippen LogP) is 4.64. The Morgan fingerprint density at radius 3 is 2.88 bits per heavy atom. The van der Waals surface area contributed by atoms with E-state index in [-0.39, 0.29) is 0 Å². The first kappa shape index (κ1) is 16.3. The summed E-state index contributed by atoms with van der Waals surface area (Å²) < 4.78 is 5.24. The van der Waals surface area contributed by atoms with E-state index in [4.69, 9.17) is 21.2 Å². The minimum atomic E-state index is -0.648. The number of hydrogen-bond donors (Lipinski definition) is 1. The topological polar surface area (TPSA) is 59.9 Å². The number of nitrogens with one attached hydrogen (secondary N) is 1. The molecule has 3 rings (SSSR count). The van der Waals surface area contributed by atoms with Crippen LogP contribution in [0.5, 0.6) is 5.75 Å². The summed E-state index contributed by atoms with van der Waals surface area (Å²) in [7, 11) is 1.64. The van der Waals surface area contributed by atoms with Gasteiger partial charge in [-0.25, -0.2) is 4.79 Å². The standard InChI is InChI=1S/C18H17ClN2O3/c1-23-15-8-9-16-12(10-15)4-2-7-17(16)21-24-18(22)20-14-6-3-5-13(19)11-14/h3,5-6,8-11H,2,4,7H2,1H3,(H,20,22)/b21-17+. The van der Waals surface area contributed by atoms with Crippen LogP contribution in [0.1, 0.15) is 24.0 Å². The van der Waals surface area contributed by atoms with Gasteiger partial charge in [0.25, 0.3) is 0 Å². The van der Waals surface area contributed by atoms with E-state index in [1.807, 2.05) is 18.2 Å². The van der Waals surface area contributed by atoms with Crippen molar-refractivity contribution >= 4 is 29.1 Å². The number of fused-ring (bicyclic) bond motifs is 1. The molecule has 0 aliphatic heterocycles. The molecule has 1 aliphatic carbocycles. The van der Waals surface area contributed by atoms with Crippen LogP contribution in [0, 0.1) is 0 Å². The molecule has 24 heavy (non-hydrogen) atoms. The zero-order valence-electron chi connectivity index (χ0n) is 13.2. The molecule has 0 unspecified atom stereocenters. The van der Waals surface area contributed by atoms with Gasteiger partial charge < -0.3 is 4.74 Å². The zero-order valence-corrected chi connectivity index (χ0v) is 14.0. The number of methoxy groups -OCH3 is 1. The Morgan fingerprint density at radius 2 is 2.08 bits per heavy atom. The van der Waals surface area contributed by atoms with Gasteiger partial charge in [-0.05, 0) is 61.2 Å². The van der Waals surface area contributed by atoms with Crippen molar-refractivity contribution in [1.82, 2.24) is 0 Å². The number of aryl methyl sites for hydroxylation is 1. The molecule has 0 aromatic heterocycles. The third kappa shape index (κ3) is 3.86. The molecule has 0 saturated heterocycles. The molecule has 0 radical (unpaired) electrons. The number of oxime groups is 1. The number of ether oxygens (including phenoxy) is 1. The summed E-state index contributed by atoms with van der Waals surface area (Å²) >= 11 is 5.88. The molecule has 0 fully saturated rings. The van der Waals surface area contributed by atoms with Gasteiger partial charge in [-0.3, -0.25) is 10.2 Å². The fraction of sp³-hybridized carbons (Fsp3) is 0.222. The van der Waals surface area contributed by atoms with Crippen molar-refractivity contribution < 1.29 is 14.4 Å². The van der Waals surface area contributed by atoms with Gasteiger partial charge in [0.15, 0.2) is 0 Å². The number of anilines is 1. The summed E-state index contributed by atoms with van der Waals surface area (Å²) in [5, 5.41) is 7.16. The maximum atomic E-state index is 11.9. The van der Waals surface area contributed by atoms with Gasteiger partial charge in [-0.1, -0.05) is 22.8 Å². The number of benzene rings is 2.